The van der Waals surface area contributed by atoms with Gasteiger partial charge in [-0.15, -0.1) is 0 Å². The minimum atomic E-state index is -1.06. The second-order valence-electron chi connectivity index (χ2n) is 6.47. The van der Waals surface area contributed by atoms with Crippen molar-refractivity contribution in [3.63, 3.8) is 0 Å². The molecular formula is C16H28O8. The van der Waals surface area contributed by atoms with Gasteiger partial charge in [-0.05, 0) is 11.8 Å². The number of rotatable bonds is 8. The van der Waals surface area contributed by atoms with Crippen LogP contribution >= 0.6 is 0 Å². The van der Waals surface area contributed by atoms with Crippen LogP contribution in [0.25, 0.3) is 0 Å². The maximum absolute atomic E-state index is 10.6. The molecule has 4 atom stereocenters. The van der Waals surface area contributed by atoms with Crippen molar-refractivity contribution in [2.45, 2.75) is 41.5 Å². The van der Waals surface area contributed by atoms with Gasteiger partial charge >= 0.3 is 23.9 Å². The van der Waals surface area contributed by atoms with Crippen molar-refractivity contribution in [2.24, 2.45) is 35.5 Å². The largest absolute Gasteiger partial charge is 0.481 e. The Bertz CT molecular complexity index is 413. The minimum Gasteiger partial charge on any atom is -0.481 e. The van der Waals surface area contributed by atoms with Crippen LogP contribution < -0.4 is 0 Å². The third-order valence-electron chi connectivity index (χ3n) is 3.86. The van der Waals surface area contributed by atoms with Gasteiger partial charge in [-0.1, -0.05) is 41.5 Å². The van der Waals surface area contributed by atoms with Gasteiger partial charge in [0.15, 0.2) is 0 Å². The highest BCUT2D eigenvalue weighted by Gasteiger charge is 2.33. The Morgan fingerprint density at radius 2 is 0.708 bits per heavy atom. The SMILES string of the molecule is CC(C)C(C(=O)O)C(C)C(=O)O.CC(C)C(C(=O)O)C(C)C(=O)O. The van der Waals surface area contributed by atoms with Crippen molar-refractivity contribution in [1.29, 1.82) is 0 Å². The van der Waals surface area contributed by atoms with E-state index in [4.69, 9.17) is 20.4 Å². The van der Waals surface area contributed by atoms with Gasteiger partial charge in [0.2, 0.25) is 0 Å². The van der Waals surface area contributed by atoms with E-state index in [0.29, 0.717) is 0 Å². The Morgan fingerprint density at radius 3 is 0.750 bits per heavy atom. The lowest BCUT2D eigenvalue weighted by Crippen LogP contribution is -2.31. The van der Waals surface area contributed by atoms with Crippen LogP contribution in [0.15, 0.2) is 0 Å². The summed E-state index contributed by atoms with van der Waals surface area (Å²) in [7, 11) is 0. The monoisotopic (exact) mass is 348 g/mol. The fraction of sp³-hybridized carbons (Fsp3) is 0.750. The van der Waals surface area contributed by atoms with Crippen LogP contribution in [0.1, 0.15) is 41.5 Å². The Kier molecular flexibility index (Phi) is 10.7. The first-order valence-electron chi connectivity index (χ1n) is 7.66. The Balaban J connectivity index is 0. The fourth-order valence-corrected chi connectivity index (χ4v) is 2.46. The van der Waals surface area contributed by atoms with Crippen LogP contribution in [0, 0.1) is 35.5 Å². The molecule has 8 heteroatoms. The van der Waals surface area contributed by atoms with Crippen LogP contribution in [-0.2, 0) is 19.2 Å². The molecule has 8 nitrogen and oxygen atoms in total. The van der Waals surface area contributed by atoms with E-state index >= 15 is 0 Å². The summed E-state index contributed by atoms with van der Waals surface area (Å²) in [5.41, 5.74) is 0. The molecule has 0 aliphatic heterocycles. The lowest BCUT2D eigenvalue weighted by atomic mass is 9.85. The number of hydrogen-bond donors (Lipinski definition) is 4. The molecular weight excluding hydrogens is 320 g/mol. The van der Waals surface area contributed by atoms with Gasteiger partial charge in [0.25, 0.3) is 0 Å². The van der Waals surface area contributed by atoms with Crippen LogP contribution in [0.2, 0.25) is 0 Å². The molecule has 0 saturated carbocycles. The predicted octanol–water partition coefficient (Wildman–Crippen LogP) is 2.13. The van der Waals surface area contributed by atoms with Crippen LogP contribution in [0.5, 0.6) is 0 Å². The van der Waals surface area contributed by atoms with Crippen molar-refractivity contribution in [1.82, 2.24) is 0 Å². The van der Waals surface area contributed by atoms with Crippen LogP contribution in [0.3, 0.4) is 0 Å². The molecule has 0 bridgehead atoms. The molecule has 0 aromatic heterocycles. The Labute approximate surface area is 141 Å². The van der Waals surface area contributed by atoms with E-state index in [1.54, 1.807) is 27.7 Å². The zero-order valence-corrected chi connectivity index (χ0v) is 14.9. The summed E-state index contributed by atoms with van der Waals surface area (Å²) in [6.45, 7) is 9.66. The lowest BCUT2D eigenvalue weighted by molar-refractivity contribution is -0.154. The molecule has 0 aliphatic carbocycles. The molecule has 0 rings (SSSR count). The van der Waals surface area contributed by atoms with Crippen molar-refractivity contribution in [2.75, 3.05) is 0 Å². The molecule has 0 amide bonds. The average molecular weight is 348 g/mol. The Morgan fingerprint density at radius 1 is 0.500 bits per heavy atom. The van der Waals surface area contributed by atoms with E-state index in [-0.39, 0.29) is 11.8 Å². The van der Waals surface area contributed by atoms with Crippen molar-refractivity contribution in [3.8, 4) is 0 Å². The highest BCUT2D eigenvalue weighted by Crippen LogP contribution is 2.21. The number of hydrogen-bond acceptors (Lipinski definition) is 4. The third-order valence-corrected chi connectivity index (χ3v) is 3.86. The second kappa shape index (κ2) is 10.6. The summed E-state index contributed by atoms with van der Waals surface area (Å²) in [5.74, 6) is -7.79. The smallest absolute Gasteiger partial charge is 0.307 e. The number of carbonyl (C=O) groups is 4. The maximum Gasteiger partial charge on any atom is 0.307 e. The van der Waals surface area contributed by atoms with Gasteiger partial charge in [0.1, 0.15) is 0 Å². The molecule has 0 spiro atoms. The number of carboxylic acids is 4. The van der Waals surface area contributed by atoms with Gasteiger partial charge in [-0.25, -0.2) is 0 Å². The quantitative estimate of drug-likeness (QED) is 0.521. The molecule has 4 N–H and O–H groups in total. The predicted molar refractivity (Wildman–Crippen MR) is 85.5 cm³/mol. The topological polar surface area (TPSA) is 149 Å². The molecule has 24 heavy (non-hydrogen) atoms. The normalized spacial score (nSPS) is 15.7. The molecule has 0 radical (unpaired) electrons. The highest BCUT2D eigenvalue weighted by molar-refractivity contribution is 5.80. The van der Waals surface area contributed by atoms with Gasteiger partial charge in [-0.3, -0.25) is 19.2 Å². The maximum atomic E-state index is 10.6. The summed E-state index contributed by atoms with van der Waals surface area (Å²) in [6.07, 6.45) is 0. The van der Waals surface area contributed by atoms with Crippen molar-refractivity contribution >= 4 is 23.9 Å². The first-order chi connectivity index (χ1) is 10.7. The zero-order valence-electron chi connectivity index (χ0n) is 14.9. The summed E-state index contributed by atoms with van der Waals surface area (Å²) < 4.78 is 0. The van der Waals surface area contributed by atoms with Gasteiger partial charge < -0.3 is 20.4 Å². The van der Waals surface area contributed by atoms with E-state index in [0.717, 1.165) is 0 Å². The number of aliphatic carboxylic acids is 4. The summed E-state index contributed by atoms with van der Waals surface area (Å²) in [6, 6.07) is 0. The van der Waals surface area contributed by atoms with E-state index in [2.05, 4.69) is 0 Å². The first kappa shape index (κ1) is 24.1. The van der Waals surface area contributed by atoms with E-state index < -0.39 is 47.5 Å². The van der Waals surface area contributed by atoms with E-state index in [9.17, 15) is 19.2 Å². The third kappa shape index (κ3) is 7.94. The van der Waals surface area contributed by atoms with Crippen LogP contribution in [-0.4, -0.2) is 44.3 Å². The number of carboxylic acid groups (broad SMARTS) is 4. The first-order valence-corrected chi connectivity index (χ1v) is 7.66. The molecule has 0 aliphatic rings. The standard InChI is InChI=1S/2C8H14O4/c2*1-4(2)6(8(11)12)5(3)7(9)10/h2*4-6H,1-3H3,(H,9,10)(H,11,12). The van der Waals surface area contributed by atoms with E-state index in [1.165, 1.54) is 13.8 Å². The van der Waals surface area contributed by atoms with Gasteiger partial charge in [0, 0.05) is 0 Å². The summed E-state index contributed by atoms with van der Waals surface area (Å²) in [4.78, 5) is 42.2. The zero-order chi connectivity index (χ0) is 19.8. The lowest BCUT2D eigenvalue weighted by Gasteiger charge is -2.19. The van der Waals surface area contributed by atoms with Crippen molar-refractivity contribution in [3.05, 3.63) is 0 Å². The molecule has 0 aromatic rings. The van der Waals surface area contributed by atoms with Crippen LogP contribution in [0.4, 0.5) is 0 Å². The molecule has 0 saturated heterocycles. The second-order valence-corrected chi connectivity index (χ2v) is 6.47. The van der Waals surface area contributed by atoms with Gasteiger partial charge in [0.05, 0.1) is 23.7 Å². The summed E-state index contributed by atoms with van der Waals surface area (Å²) in [5, 5.41) is 34.6. The molecule has 4 unspecified atom stereocenters. The summed E-state index contributed by atoms with van der Waals surface area (Å²) >= 11 is 0. The van der Waals surface area contributed by atoms with Gasteiger partial charge in [-0.2, -0.15) is 0 Å². The molecule has 0 heterocycles. The fourth-order valence-electron chi connectivity index (χ4n) is 2.46. The Hall–Kier alpha value is -2.12. The van der Waals surface area contributed by atoms with Crippen molar-refractivity contribution < 1.29 is 39.6 Å². The highest BCUT2D eigenvalue weighted by atomic mass is 16.4. The van der Waals surface area contributed by atoms with E-state index in [1.807, 2.05) is 0 Å². The average Bonchev–Trinajstić information content (AvgIpc) is 2.37. The molecule has 140 valence electrons. The minimum absolute atomic E-state index is 0.159. The molecule has 0 fully saturated rings. The molecule has 0 aromatic carbocycles.